The van der Waals surface area contributed by atoms with Gasteiger partial charge in [-0.2, -0.15) is 0 Å². The van der Waals surface area contributed by atoms with E-state index in [2.05, 4.69) is 0 Å². The molecule has 0 amide bonds. The Morgan fingerprint density at radius 3 is 2.28 bits per heavy atom. The molecule has 0 bridgehead atoms. The van der Waals surface area contributed by atoms with Gasteiger partial charge in [-0.25, -0.2) is 20.4 Å². The molecule has 0 unspecified atom stereocenters. The molecule has 19 heteroatoms. The third kappa shape index (κ3) is 15.6. The molecule has 0 aliphatic carbocycles. The average molecular weight is 913 g/mol. The van der Waals surface area contributed by atoms with Gasteiger partial charge in [0.2, 0.25) is 5.60 Å². The van der Waals surface area contributed by atoms with E-state index >= 15 is 0 Å². The van der Waals surface area contributed by atoms with Gasteiger partial charge in [-0.3, -0.25) is 4.79 Å². The highest BCUT2D eigenvalue weighted by molar-refractivity contribution is 5.88. The van der Waals surface area contributed by atoms with Gasteiger partial charge in [-0.15, -0.1) is 0 Å². The normalized spacial score (nSPS) is 15.8. The number of nitrogens with zero attached hydrogens (tertiary/aromatic N) is 3. The summed E-state index contributed by atoms with van der Waals surface area (Å²) in [6.45, 7) is 14.2. The van der Waals surface area contributed by atoms with Crippen molar-refractivity contribution in [2.75, 3.05) is 99.8 Å². The van der Waals surface area contributed by atoms with Crippen molar-refractivity contribution in [1.29, 1.82) is 0 Å². The number of ether oxygens (including phenoxy) is 8. The fourth-order valence-corrected chi connectivity index (χ4v) is 7.08. The van der Waals surface area contributed by atoms with Crippen LogP contribution in [0, 0.1) is 0 Å². The van der Waals surface area contributed by atoms with Crippen molar-refractivity contribution in [2.24, 2.45) is 17.3 Å². The zero-order valence-electron chi connectivity index (χ0n) is 39.1. The predicted molar refractivity (Wildman–Crippen MR) is 242 cm³/mol. The second kappa shape index (κ2) is 25.2. The van der Waals surface area contributed by atoms with Gasteiger partial charge in [-0.1, -0.05) is 25.1 Å². The predicted octanol–water partition coefficient (Wildman–Crippen LogP) is 0.942. The summed E-state index contributed by atoms with van der Waals surface area (Å²) < 4.78 is 45.5. The first-order valence-corrected chi connectivity index (χ1v) is 22.0. The maximum absolute atomic E-state index is 13.6. The lowest BCUT2D eigenvalue weighted by molar-refractivity contribution is -0.853. The number of hydrogen-bond donors (Lipinski definition) is 4. The van der Waals surface area contributed by atoms with Crippen LogP contribution >= 0.6 is 0 Å². The van der Waals surface area contributed by atoms with E-state index in [1.165, 1.54) is 4.90 Å². The summed E-state index contributed by atoms with van der Waals surface area (Å²) in [6.07, 6.45) is 3.32. The number of benzene rings is 1. The average Bonchev–Trinajstić information content (AvgIpc) is 3.62. The number of aldehydes is 1. The highest BCUT2D eigenvalue weighted by Gasteiger charge is 2.50. The van der Waals surface area contributed by atoms with Crippen molar-refractivity contribution in [3.8, 4) is 11.4 Å². The molecule has 1 aromatic carbocycles. The molecule has 4 heterocycles. The summed E-state index contributed by atoms with van der Waals surface area (Å²) >= 11 is 0. The van der Waals surface area contributed by atoms with Crippen LogP contribution in [0.5, 0.6) is 0 Å². The molecule has 7 N–H and O–H groups in total. The third-order valence-electron chi connectivity index (χ3n) is 10.5. The van der Waals surface area contributed by atoms with Crippen molar-refractivity contribution >= 4 is 29.1 Å². The smallest absolute Gasteiger partial charge is 0.355 e. The number of hydrogen-bond acceptors (Lipinski definition) is 17. The lowest BCUT2D eigenvalue weighted by Gasteiger charge is -2.35. The molecule has 65 heavy (non-hydrogen) atoms. The minimum absolute atomic E-state index is 0.0747. The maximum atomic E-state index is 13.6. The highest BCUT2D eigenvalue weighted by atomic mass is 16.6. The summed E-state index contributed by atoms with van der Waals surface area (Å²) in [5.41, 5.74) is 12.6. The first kappa shape index (κ1) is 52.8. The number of nitrogens with one attached hydrogen (secondary N) is 1. The van der Waals surface area contributed by atoms with Gasteiger partial charge in [0.05, 0.1) is 113 Å². The third-order valence-corrected chi connectivity index (χ3v) is 10.5. The maximum Gasteiger partial charge on any atom is 0.355 e. The topological polar surface area (TPSA) is 246 Å². The lowest BCUT2D eigenvalue weighted by atomic mass is 9.85. The molecule has 0 radical (unpaired) electrons. The molecule has 0 saturated carbocycles. The van der Waals surface area contributed by atoms with E-state index in [9.17, 15) is 19.2 Å². The molecule has 1 atom stereocenters. The minimum atomic E-state index is -1.77. The van der Waals surface area contributed by atoms with Crippen molar-refractivity contribution in [2.45, 2.75) is 77.4 Å². The van der Waals surface area contributed by atoms with E-state index in [4.69, 9.17) is 60.2 Å². The van der Waals surface area contributed by atoms with Crippen LogP contribution in [0.15, 0.2) is 53.1 Å². The summed E-state index contributed by atoms with van der Waals surface area (Å²) in [7, 11) is 4.07. The molecular formula is C46H70N7O12+. The number of hydrazine groups is 1. The molecule has 0 spiro atoms. The van der Waals surface area contributed by atoms with E-state index in [1.807, 2.05) is 72.1 Å². The SMILES string of the molecule is CC[C@@]1(OC(=O)COCCOCCOCCOCCN)C(=O)OCc2c1cc1n(c2=O)Cc2cc3ccccc3nc2-1.C[NH+](C)C/C(N)=C/N(N)CCC(C)(C)OCC(C)(C)OCC=O. The first-order valence-electron chi connectivity index (χ1n) is 22.0. The Morgan fingerprint density at radius 2 is 1.63 bits per heavy atom. The number of likely N-dealkylation sites (N-methyl/N-ethyl adjacent to an activating group) is 1. The first-order chi connectivity index (χ1) is 31.0. The van der Waals surface area contributed by atoms with Gasteiger partial charge in [0.25, 0.3) is 5.56 Å². The van der Waals surface area contributed by atoms with Gasteiger partial charge < -0.3 is 68.6 Å². The number of esters is 2. The summed E-state index contributed by atoms with van der Waals surface area (Å²) in [5, 5.41) is 2.57. The van der Waals surface area contributed by atoms with Crippen LogP contribution in [-0.2, 0) is 71.0 Å². The summed E-state index contributed by atoms with van der Waals surface area (Å²) in [5.74, 6) is 4.47. The van der Waals surface area contributed by atoms with E-state index < -0.39 is 29.7 Å². The Morgan fingerprint density at radius 1 is 0.969 bits per heavy atom. The number of quaternary nitrogens is 1. The zero-order chi connectivity index (χ0) is 47.6. The quantitative estimate of drug-likeness (QED) is 0.0214. The van der Waals surface area contributed by atoms with E-state index in [0.29, 0.717) is 76.2 Å². The number of pyridine rings is 2. The Kier molecular flexibility index (Phi) is 20.5. The number of nitrogens with two attached hydrogens (primary N) is 3. The standard InChI is InChI=1S/C30H35N3O9.C16H34N4O3/c1-2-30(42-26(34)19-40-14-13-39-12-11-38-10-9-37-8-7-31)23-16-25-27-21(15-20-5-3-4-6-24(20)32-27)17-33(25)28(35)22(23)18-41-29(30)36;1-15(2,23-13-16(3,4)22-10-9-21)7-8-20(18)12-14(17)11-19(5)6/h3-6,15-16H,2,7-14,17-19,31H2,1H3;9,12H,7-8,10-11,13,17-18H2,1-6H3/p+1/b;14-12-/t30-;/m0./s1. The Labute approximate surface area is 381 Å². The number of aromatic nitrogens is 2. The minimum Gasteiger partial charge on any atom is -0.457 e. The number of para-hydroxylation sites is 1. The summed E-state index contributed by atoms with van der Waals surface area (Å²) in [6, 6.07) is 11.5. The van der Waals surface area contributed by atoms with Crippen LogP contribution < -0.4 is 27.8 Å². The summed E-state index contributed by atoms with van der Waals surface area (Å²) in [4.78, 5) is 56.0. The molecule has 2 aliphatic rings. The van der Waals surface area contributed by atoms with Gasteiger partial charge in [-0.05, 0) is 58.7 Å². The number of cyclic esters (lactones) is 1. The molecule has 19 nitrogen and oxygen atoms in total. The van der Waals surface area contributed by atoms with Gasteiger partial charge >= 0.3 is 11.9 Å². The molecule has 5 rings (SSSR count). The van der Waals surface area contributed by atoms with Crippen LogP contribution in [0.4, 0.5) is 0 Å². The van der Waals surface area contributed by atoms with E-state index in [1.54, 1.807) is 28.8 Å². The fourth-order valence-electron chi connectivity index (χ4n) is 7.08. The fraction of sp³-hybridized carbons (Fsp3) is 0.587. The molecule has 3 aromatic rings. The number of fused-ring (bicyclic) bond motifs is 5. The van der Waals surface area contributed by atoms with Gasteiger partial charge in [0.15, 0.2) is 0 Å². The largest absolute Gasteiger partial charge is 0.457 e. The van der Waals surface area contributed by atoms with E-state index in [-0.39, 0.29) is 49.6 Å². The molecule has 2 aliphatic heterocycles. The van der Waals surface area contributed by atoms with Crippen molar-refractivity contribution < 1.29 is 57.2 Å². The molecule has 0 fully saturated rings. The monoisotopic (exact) mass is 913 g/mol. The Bertz CT molecular complexity index is 2130. The molecular weight excluding hydrogens is 843 g/mol. The lowest BCUT2D eigenvalue weighted by Crippen LogP contribution is -3.06. The van der Waals surface area contributed by atoms with Crippen LogP contribution in [0.25, 0.3) is 22.3 Å². The van der Waals surface area contributed by atoms with Crippen molar-refractivity contribution in [3.05, 3.63) is 75.3 Å². The molecule has 0 saturated heterocycles. The number of carbonyl (C=O) groups excluding carboxylic acids is 3. The van der Waals surface area contributed by atoms with Crippen LogP contribution in [-0.4, -0.2) is 144 Å². The van der Waals surface area contributed by atoms with E-state index in [0.717, 1.165) is 41.4 Å². The van der Waals surface area contributed by atoms with Gasteiger partial charge in [0, 0.05) is 35.8 Å². The van der Waals surface area contributed by atoms with Crippen molar-refractivity contribution in [3.63, 3.8) is 0 Å². The second-order valence-electron chi connectivity index (χ2n) is 17.3. The van der Waals surface area contributed by atoms with Crippen LogP contribution in [0.1, 0.15) is 64.2 Å². The van der Waals surface area contributed by atoms with Crippen molar-refractivity contribution in [1.82, 2.24) is 14.6 Å². The Balaban J connectivity index is 0.000000343. The van der Waals surface area contributed by atoms with Crippen LogP contribution in [0.3, 0.4) is 0 Å². The van der Waals surface area contributed by atoms with Gasteiger partial charge in [0.1, 0.15) is 32.7 Å². The Hall–Kier alpha value is -4.83. The highest BCUT2D eigenvalue weighted by Crippen LogP contribution is 2.41. The molecule has 360 valence electrons. The van der Waals surface area contributed by atoms with Crippen LogP contribution in [0.2, 0.25) is 0 Å². The number of carbonyl (C=O) groups is 3. The number of rotatable bonds is 27. The second-order valence-corrected chi connectivity index (χ2v) is 17.3. The zero-order valence-corrected chi connectivity index (χ0v) is 39.1. The molecule has 2 aromatic heterocycles.